The first-order valence-corrected chi connectivity index (χ1v) is 9.62. The number of ether oxygens (including phenoxy) is 1. The van der Waals surface area contributed by atoms with Gasteiger partial charge < -0.3 is 20.3 Å². The molecular weight excluding hydrogens is 384 g/mol. The molecule has 0 fully saturated rings. The monoisotopic (exact) mass is 412 g/mol. The standard InChI is InChI=1S/C22H28N4O4/c1-5-30-17-12-10-16(11-13-17)23-22(29)18-8-6-7-9-19(18)24-20(27)14-26(4)15-21(28)25(2)3/h6-13H,5,14-15H2,1-4H3,(H,23,29)(H,24,27). The molecule has 0 unspecified atom stereocenters. The highest BCUT2D eigenvalue weighted by atomic mass is 16.5. The normalized spacial score (nSPS) is 10.4. The third kappa shape index (κ3) is 6.89. The summed E-state index contributed by atoms with van der Waals surface area (Å²) in [5.41, 5.74) is 1.36. The molecule has 0 aliphatic carbocycles. The van der Waals surface area contributed by atoms with E-state index in [0.29, 0.717) is 23.5 Å². The number of nitrogens with zero attached hydrogens (tertiary/aromatic N) is 2. The van der Waals surface area contributed by atoms with Crippen LogP contribution in [0.15, 0.2) is 48.5 Å². The fourth-order valence-corrected chi connectivity index (χ4v) is 2.65. The number of amides is 3. The second-order valence-corrected chi connectivity index (χ2v) is 6.97. The Morgan fingerprint density at radius 1 is 0.900 bits per heavy atom. The summed E-state index contributed by atoms with van der Waals surface area (Å²) in [5.74, 6) is -0.0305. The van der Waals surface area contributed by atoms with Gasteiger partial charge in [0.1, 0.15) is 5.75 Å². The molecule has 2 N–H and O–H groups in total. The largest absolute Gasteiger partial charge is 0.494 e. The van der Waals surface area contributed by atoms with Gasteiger partial charge in [0.2, 0.25) is 11.8 Å². The van der Waals surface area contributed by atoms with E-state index < -0.39 is 0 Å². The molecule has 2 aromatic carbocycles. The molecule has 0 atom stereocenters. The Kier molecular flexibility index (Phi) is 8.37. The van der Waals surface area contributed by atoms with Gasteiger partial charge in [0.05, 0.1) is 30.9 Å². The number of likely N-dealkylation sites (N-methyl/N-ethyl adjacent to an activating group) is 2. The number of hydrogen-bond acceptors (Lipinski definition) is 5. The van der Waals surface area contributed by atoms with Crippen molar-refractivity contribution in [3.63, 3.8) is 0 Å². The molecule has 0 spiro atoms. The minimum Gasteiger partial charge on any atom is -0.494 e. The van der Waals surface area contributed by atoms with Gasteiger partial charge in [-0.15, -0.1) is 0 Å². The van der Waals surface area contributed by atoms with Crippen LogP contribution in [-0.4, -0.2) is 68.4 Å². The maximum Gasteiger partial charge on any atom is 0.257 e. The average Bonchev–Trinajstić information content (AvgIpc) is 2.69. The Bertz CT molecular complexity index is 881. The van der Waals surface area contributed by atoms with Gasteiger partial charge in [-0.3, -0.25) is 19.3 Å². The zero-order valence-electron chi connectivity index (χ0n) is 17.8. The number of anilines is 2. The molecule has 0 saturated carbocycles. The lowest BCUT2D eigenvalue weighted by Crippen LogP contribution is -2.38. The van der Waals surface area contributed by atoms with Gasteiger partial charge in [0.25, 0.3) is 5.91 Å². The molecule has 30 heavy (non-hydrogen) atoms. The van der Waals surface area contributed by atoms with Crippen molar-refractivity contribution in [2.24, 2.45) is 0 Å². The number of nitrogens with one attached hydrogen (secondary N) is 2. The Morgan fingerprint density at radius 3 is 2.20 bits per heavy atom. The molecular formula is C22H28N4O4. The van der Waals surface area contributed by atoms with Crippen molar-refractivity contribution in [1.29, 1.82) is 0 Å². The first-order chi connectivity index (χ1) is 14.3. The van der Waals surface area contributed by atoms with Crippen molar-refractivity contribution in [2.45, 2.75) is 6.92 Å². The molecule has 0 heterocycles. The van der Waals surface area contributed by atoms with Gasteiger partial charge in [-0.05, 0) is 50.4 Å². The highest BCUT2D eigenvalue weighted by Crippen LogP contribution is 2.19. The van der Waals surface area contributed by atoms with Crippen molar-refractivity contribution in [1.82, 2.24) is 9.80 Å². The molecule has 2 aromatic rings. The Labute approximate surface area is 176 Å². The van der Waals surface area contributed by atoms with E-state index in [-0.39, 0.29) is 30.8 Å². The summed E-state index contributed by atoms with van der Waals surface area (Å²) in [4.78, 5) is 39.9. The second kappa shape index (κ2) is 11.0. The molecule has 0 bridgehead atoms. The van der Waals surface area contributed by atoms with Gasteiger partial charge in [0, 0.05) is 19.8 Å². The van der Waals surface area contributed by atoms with E-state index in [1.54, 1.807) is 74.6 Å². The minimum absolute atomic E-state index is 0.0222. The lowest BCUT2D eigenvalue weighted by atomic mass is 10.1. The lowest BCUT2D eigenvalue weighted by molar-refractivity contribution is -0.130. The molecule has 8 heteroatoms. The van der Waals surface area contributed by atoms with E-state index in [9.17, 15) is 14.4 Å². The van der Waals surface area contributed by atoms with Crippen molar-refractivity contribution in [3.8, 4) is 5.75 Å². The molecule has 8 nitrogen and oxygen atoms in total. The second-order valence-electron chi connectivity index (χ2n) is 6.97. The number of rotatable bonds is 9. The number of carbonyl (C=O) groups excluding carboxylic acids is 3. The average molecular weight is 412 g/mol. The summed E-state index contributed by atoms with van der Waals surface area (Å²) in [7, 11) is 5.01. The van der Waals surface area contributed by atoms with E-state index in [2.05, 4.69) is 10.6 Å². The summed E-state index contributed by atoms with van der Waals surface area (Å²) in [5, 5.41) is 5.56. The van der Waals surface area contributed by atoms with Crippen LogP contribution >= 0.6 is 0 Å². The number of benzene rings is 2. The summed E-state index contributed by atoms with van der Waals surface area (Å²) < 4.78 is 5.39. The van der Waals surface area contributed by atoms with E-state index in [0.717, 1.165) is 5.75 Å². The van der Waals surface area contributed by atoms with E-state index >= 15 is 0 Å². The molecule has 0 aromatic heterocycles. The maximum atomic E-state index is 12.7. The Balaban J connectivity index is 2.01. The maximum absolute atomic E-state index is 12.7. The fourth-order valence-electron chi connectivity index (χ4n) is 2.65. The van der Waals surface area contributed by atoms with Crippen molar-refractivity contribution < 1.29 is 19.1 Å². The highest BCUT2D eigenvalue weighted by Gasteiger charge is 2.16. The molecule has 2 rings (SSSR count). The van der Waals surface area contributed by atoms with Gasteiger partial charge in [-0.2, -0.15) is 0 Å². The van der Waals surface area contributed by atoms with E-state index in [4.69, 9.17) is 4.74 Å². The third-order valence-electron chi connectivity index (χ3n) is 4.19. The SMILES string of the molecule is CCOc1ccc(NC(=O)c2ccccc2NC(=O)CN(C)CC(=O)N(C)C)cc1. The summed E-state index contributed by atoms with van der Waals surface area (Å²) in [6.45, 7) is 2.62. The zero-order valence-corrected chi connectivity index (χ0v) is 17.8. The zero-order chi connectivity index (χ0) is 22.1. The first-order valence-electron chi connectivity index (χ1n) is 9.62. The lowest BCUT2D eigenvalue weighted by Gasteiger charge is -2.19. The smallest absolute Gasteiger partial charge is 0.257 e. The van der Waals surface area contributed by atoms with Gasteiger partial charge in [0.15, 0.2) is 0 Å². The van der Waals surface area contributed by atoms with Crippen LogP contribution in [0.4, 0.5) is 11.4 Å². The van der Waals surface area contributed by atoms with Gasteiger partial charge in [-0.25, -0.2) is 0 Å². The van der Waals surface area contributed by atoms with Crippen LogP contribution in [0.3, 0.4) is 0 Å². The topological polar surface area (TPSA) is 91.0 Å². The Morgan fingerprint density at radius 2 is 1.57 bits per heavy atom. The summed E-state index contributed by atoms with van der Waals surface area (Å²) in [6.07, 6.45) is 0. The summed E-state index contributed by atoms with van der Waals surface area (Å²) in [6, 6.07) is 13.8. The molecule has 3 amide bonds. The van der Waals surface area contributed by atoms with Crippen LogP contribution in [0.1, 0.15) is 17.3 Å². The minimum atomic E-state index is -0.341. The number of carbonyl (C=O) groups is 3. The van der Waals surface area contributed by atoms with Crippen LogP contribution in [0.5, 0.6) is 5.75 Å². The van der Waals surface area contributed by atoms with Crippen molar-refractivity contribution >= 4 is 29.1 Å². The quantitative estimate of drug-likeness (QED) is 0.660. The van der Waals surface area contributed by atoms with Crippen LogP contribution in [-0.2, 0) is 9.59 Å². The molecule has 0 aliphatic heterocycles. The van der Waals surface area contributed by atoms with Crippen LogP contribution in [0, 0.1) is 0 Å². The summed E-state index contributed by atoms with van der Waals surface area (Å²) >= 11 is 0. The van der Waals surface area contributed by atoms with E-state index in [1.807, 2.05) is 6.92 Å². The highest BCUT2D eigenvalue weighted by molar-refractivity contribution is 6.10. The van der Waals surface area contributed by atoms with Crippen LogP contribution in [0.2, 0.25) is 0 Å². The predicted molar refractivity (Wildman–Crippen MR) is 117 cm³/mol. The van der Waals surface area contributed by atoms with E-state index in [1.165, 1.54) is 4.90 Å². The van der Waals surface area contributed by atoms with Crippen LogP contribution in [0.25, 0.3) is 0 Å². The Hall–Kier alpha value is -3.39. The molecule has 0 radical (unpaired) electrons. The fraction of sp³-hybridized carbons (Fsp3) is 0.318. The molecule has 160 valence electrons. The van der Waals surface area contributed by atoms with Gasteiger partial charge in [-0.1, -0.05) is 12.1 Å². The van der Waals surface area contributed by atoms with Crippen LogP contribution < -0.4 is 15.4 Å². The molecule has 0 aliphatic rings. The number of hydrogen-bond donors (Lipinski definition) is 2. The van der Waals surface area contributed by atoms with Crippen molar-refractivity contribution in [2.75, 3.05) is 51.5 Å². The first kappa shape index (κ1) is 22.9. The molecule has 0 saturated heterocycles. The van der Waals surface area contributed by atoms with Gasteiger partial charge >= 0.3 is 0 Å². The van der Waals surface area contributed by atoms with Crippen molar-refractivity contribution in [3.05, 3.63) is 54.1 Å². The predicted octanol–water partition coefficient (Wildman–Crippen LogP) is 2.30. The number of para-hydroxylation sites is 1. The third-order valence-corrected chi connectivity index (χ3v) is 4.19.